The third-order valence-electron chi connectivity index (χ3n) is 3.98. The lowest BCUT2D eigenvalue weighted by molar-refractivity contribution is -0.156. The molecular weight excluding hydrogens is 228 g/mol. The van der Waals surface area contributed by atoms with Crippen molar-refractivity contribution in [3.8, 4) is 0 Å². The zero-order chi connectivity index (χ0) is 14.1. The predicted octanol–water partition coefficient (Wildman–Crippen LogP) is 2.93. The molecule has 2 atom stereocenters. The van der Waals surface area contributed by atoms with Crippen LogP contribution in [0, 0.1) is 16.7 Å². The second-order valence-electron chi connectivity index (χ2n) is 6.94. The molecule has 18 heavy (non-hydrogen) atoms. The minimum atomic E-state index is -0.487. The number of rotatable bonds is 2. The maximum Gasteiger partial charge on any atom is 0.311 e. The van der Waals surface area contributed by atoms with Gasteiger partial charge < -0.3 is 9.84 Å². The molecule has 1 fully saturated rings. The van der Waals surface area contributed by atoms with E-state index in [1.54, 1.807) is 0 Å². The maximum atomic E-state index is 11.8. The molecule has 1 N–H and O–H groups in total. The highest BCUT2D eigenvalue weighted by atomic mass is 16.5. The van der Waals surface area contributed by atoms with Crippen molar-refractivity contribution in [3.63, 3.8) is 0 Å². The molecule has 1 aliphatic carbocycles. The number of aliphatic hydroxyl groups excluding tert-OH is 1. The van der Waals surface area contributed by atoms with Crippen molar-refractivity contribution in [2.75, 3.05) is 6.61 Å². The highest BCUT2D eigenvalue weighted by Gasteiger charge is 2.42. The number of carbonyl (C=O) groups excluding carboxylic acids is 1. The molecule has 1 aliphatic rings. The van der Waals surface area contributed by atoms with Crippen LogP contribution < -0.4 is 0 Å². The minimum Gasteiger partial charge on any atom is -0.465 e. The summed E-state index contributed by atoms with van der Waals surface area (Å²) >= 11 is 0. The SMILES string of the molecule is C=C1CC[C@H](O)C(C)(C)[C@@H]1COC(=O)C(C)(C)C. The van der Waals surface area contributed by atoms with E-state index in [0.717, 1.165) is 18.4 Å². The van der Waals surface area contributed by atoms with Crippen molar-refractivity contribution in [2.45, 2.75) is 53.6 Å². The van der Waals surface area contributed by atoms with Crippen LogP contribution in [0.5, 0.6) is 0 Å². The predicted molar refractivity (Wildman–Crippen MR) is 72.1 cm³/mol. The summed E-state index contributed by atoms with van der Waals surface area (Å²) in [6, 6.07) is 0. The van der Waals surface area contributed by atoms with E-state index in [4.69, 9.17) is 4.74 Å². The highest BCUT2D eigenvalue weighted by molar-refractivity contribution is 5.75. The fourth-order valence-corrected chi connectivity index (χ4v) is 2.33. The molecular formula is C15H26O3. The van der Waals surface area contributed by atoms with Crippen LogP contribution in [0.15, 0.2) is 12.2 Å². The van der Waals surface area contributed by atoms with Gasteiger partial charge in [-0.05, 0) is 33.6 Å². The zero-order valence-corrected chi connectivity index (χ0v) is 12.2. The van der Waals surface area contributed by atoms with Crippen molar-refractivity contribution in [1.82, 2.24) is 0 Å². The largest absolute Gasteiger partial charge is 0.465 e. The van der Waals surface area contributed by atoms with Crippen molar-refractivity contribution < 1.29 is 14.6 Å². The van der Waals surface area contributed by atoms with Gasteiger partial charge in [0.05, 0.1) is 18.1 Å². The average Bonchev–Trinajstić information content (AvgIpc) is 2.22. The van der Waals surface area contributed by atoms with Crippen LogP contribution in [0.3, 0.4) is 0 Å². The smallest absolute Gasteiger partial charge is 0.311 e. The van der Waals surface area contributed by atoms with E-state index >= 15 is 0 Å². The number of hydrogen-bond donors (Lipinski definition) is 1. The Morgan fingerprint density at radius 1 is 1.50 bits per heavy atom. The first-order valence-corrected chi connectivity index (χ1v) is 6.59. The number of hydrogen-bond acceptors (Lipinski definition) is 3. The van der Waals surface area contributed by atoms with E-state index in [-0.39, 0.29) is 23.4 Å². The first-order chi connectivity index (χ1) is 8.06. The van der Waals surface area contributed by atoms with Gasteiger partial charge in [-0.1, -0.05) is 26.0 Å². The van der Waals surface area contributed by atoms with E-state index in [1.165, 1.54) is 0 Å². The van der Waals surface area contributed by atoms with Crippen LogP contribution in [0.4, 0.5) is 0 Å². The summed E-state index contributed by atoms with van der Waals surface area (Å²) in [6.07, 6.45) is 1.19. The molecule has 0 bridgehead atoms. The van der Waals surface area contributed by atoms with Crippen molar-refractivity contribution in [1.29, 1.82) is 0 Å². The lowest BCUT2D eigenvalue weighted by Crippen LogP contribution is -2.44. The molecule has 0 spiro atoms. The summed E-state index contributed by atoms with van der Waals surface area (Å²) in [5, 5.41) is 10.1. The molecule has 0 aromatic rings. The molecule has 3 nitrogen and oxygen atoms in total. The van der Waals surface area contributed by atoms with Gasteiger partial charge in [0.25, 0.3) is 0 Å². The van der Waals surface area contributed by atoms with Gasteiger partial charge in [-0.25, -0.2) is 0 Å². The Bertz CT molecular complexity index is 336. The van der Waals surface area contributed by atoms with Gasteiger partial charge in [0.1, 0.15) is 0 Å². The zero-order valence-electron chi connectivity index (χ0n) is 12.2. The van der Waals surface area contributed by atoms with Crippen LogP contribution in [0.25, 0.3) is 0 Å². The Morgan fingerprint density at radius 2 is 2.06 bits per heavy atom. The molecule has 1 saturated carbocycles. The number of esters is 1. The lowest BCUT2D eigenvalue weighted by atomic mass is 9.65. The molecule has 0 saturated heterocycles. The van der Waals surface area contributed by atoms with Crippen molar-refractivity contribution in [3.05, 3.63) is 12.2 Å². The normalized spacial score (nSPS) is 28.0. The van der Waals surface area contributed by atoms with Crippen molar-refractivity contribution in [2.24, 2.45) is 16.7 Å². The number of ether oxygens (including phenoxy) is 1. The van der Waals surface area contributed by atoms with E-state index < -0.39 is 5.41 Å². The summed E-state index contributed by atoms with van der Waals surface area (Å²) in [4.78, 5) is 11.8. The van der Waals surface area contributed by atoms with E-state index in [9.17, 15) is 9.90 Å². The fraction of sp³-hybridized carbons (Fsp3) is 0.800. The Kier molecular flexibility index (Phi) is 4.26. The van der Waals surface area contributed by atoms with Gasteiger partial charge in [0, 0.05) is 11.3 Å². The second kappa shape index (κ2) is 5.04. The van der Waals surface area contributed by atoms with Crippen LogP contribution in [-0.2, 0) is 9.53 Å². The Balaban J connectivity index is 2.70. The molecule has 0 aromatic heterocycles. The van der Waals surface area contributed by atoms with E-state index in [0.29, 0.717) is 6.61 Å². The van der Waals surface area contributed by atoms with E-state index in [1.807, 2.05) is 34.6 Å². The second-order valence-corrected chi connectivity index (χ2v) is 6.94. The van der Waals surface area contributed by atoms with Gasteiger partial charge in [-0.15, -0.1) is 0 Å². The van der Waals surface area contributed by atoms with Crippen molar-refractivity contribution >= 4 is 5.97 Å². The third-order valence-corrected chi connectivity index (χ3v) is 3.98. The fourth-order valence-electron chi connectivity index (χ4n) is 2.33. The Morgan fingerprint density at radius 3 is 2.56 bits per heavy atom. The molecule has 0 aromatic carbocycles. The van der Waals surface area contributed by atoms with Crippen LogP contribution in [0.1, 0.15) is 47.5 Å². The van der Waals surface area contributed by atoms with Crippen LogP contribution in [-0.4, -0.2) is 23.8 Å². The van der Waals surface area contributed by atoms with Crippen LogP contribution >= 0.6 is 0 Å². The highest BCUT2D eigenvalue weighted by Crippen LogP contribution is 2.43. The summed E-state index contributed by atoms with van der Waals surface area (Å²) in [5.74, 6) is -0.168. The molecule has 0 amide bonds. The van der Waals surface area contributed by atoms with Crippen LogP contribution in [0.2, 0.25) is 0 Å². The van der Waals surface area contributed by atoms with Gasteiger partial charge in [0.2, 0.25) is 0 Å². The molecule has 0 unspecified atom stereocenters. The average molecular weight is 254 g/mol. The third kappa shape index (κ3) is 3.14. The quantitative estimate of drug-likeness (QED) is 0.609. The number of aliphatic hydroxyl groups is 1. The topological polar surface area (TPSA) is 46.5 Å². The van der Waals surface area contributed by atoms with E-state index in [2.05, 4.69) is 6.58 Å². The monoisotopic (exact) mass is 254 g/mol. The molecule has 1 rings (SSSR count). The molecule has 104 valence electrons. The number of carbonyl (C=O) groups is 1. The summed E-state index contributed by atoms with van der Waals surface area (Å²) < 4.78 is 5.39. The first-order valence-electron chi connectivity index (χ1n) is 6.59. The summed E-state index contributed by atoms with van der Waals surface area (Å²) in [6.45, 7) is 13.9. The molecule has 0 radical (unpaired) electrons. The Hall–Kier alpha value is -0.830. The summed E-state index contributed by atoms with van der Waals surface area (Å²) in [5.41, 5.74) is 0.304. The maximum absolute atomic E-state index is 11.8. The van der Waals surface area contributed by atoms with Gasteiger partial charge in [0.15, 0.2) is 0 Å². The van der Waals surface area contributed by atoms with Gasteiger partial charge in [-0.3, -0.25) is 4.79 Å². The molecule has 0 heterocycles. The first kappa shape index (κ1) is 15.2. The standard InChI is InChI=1S/C15H26O3/c1-10-7-8-12(16)15(5,6)11(10)9-18-13(17)14(2,3)4/h11-12,16H,1,7-9H2,2-6H3/t11-,12+/m1/s1. The Labute approximate surface area is 110 Å². The van der Waals surface area contributed by atoms with Gasteiger partial charge in [-0.2, -0.15) is 0 Å². The summed E-state index contributed by atoms with van der Waals surface area (Å²) in [7, 11) is 0. The lowest BCUT2D eigenvalue weighted by Gasteiger charge is -2.43. The molecule has 3 heteroatoms. The van der Waals surface area contributed by atoms with Gasteiger partial charge >= 0.3 is 5.97 Å². The molecule has 0 aliphatic heterocycles. The minimum absolute atomic E-state index is 0.0348.